The maximum Gasteiger partial charge on any atom is 0.230 e. The lowest BCUT2D eigenvalue weighted by molar-refractivity contribution is -0.265. The number of hydrogen-bond donors (Lipinski definition) is 6. The molecule has 2 aromatic rings. The van der Waals surface area contributed by atoms with E-state index in [2.05, 4.69) is 11.8 Å². The minimum atomic E-state index is -2.55. The summed E-state index contributed by atoms with van der Waals surface area (Å²) in [6, 6.07) is 8.70. The van der Waals surface area contributed by atoms with Gasteiger partial charge in [-0.1, -0.05) is 53.4 Å². The van der Waals surface area contributed by atoms with Gasteiger partial charge in [0, 0.05) is 16.7 Å². The third-order valence-electron chi connectivity index (χ3n) is 10.7. The molecule has 0 spiro atoms. The molecule has 8 N–H and O–H groups in total. The van der Waals surface area contributed by atoms with Gasteiger partial charge < -0.3 is 31.9 Å². The molecule has 9 heteroatoms. The number of benzene rings is 2. The SMILES string of the molecule is CC(C)c1cc(C#Cc2ccc(N)cc2)c(O)c2c1C[C@]1(C)C[C@]3(C)[C@@H](C(C)C)C(O)[C@@H](C(N)=O)C(=O)[C@]3(O)C(O)[C@H]1C2=O. The Kier molecular flexibility index (Phi) is 7.52. The number of carbonyl (C=O) groups is 3. The van der Waals surface area contributed by atoms with E-state index >= 15 is 0 Å². The van der Waals surface area contributed by atoms with Crippen molar-refractivity contribution in [3.8, 4) is 17.6 Å². The first kappa shape index (κ1) is 31.7. The molecule has 2 aromatic carbocycles. The predicted molar refractivity (Wildman–Crippen MR) is 164 cm³/mol. The van der Waals surface area contributed by atoms with Gasteiger partial charge in [-0.25, -0.2) is 0 Å². The van der Waals surface area contributed by atoms with Crippen LogP contribution in [0.3, 0.4) is 0 Å². The van der Waals surface area contributed by atoms with Crippen molar-refractivity contribution in [3.05, 3.63) is 58.1 Å². The molecular formula is C35H42N2O7. The van der Waals surface area contributed by atoms with Crippen LogP contribution in [0.1, 0.15) is 86.5 Å². The quantitative estimate of drug-likeness (QED) is 0.176. The summed E-state index contributed by atoms with van der Waals surface area (Å²) >= 11 is 0. The molecule has 2 fully saturated rings. The number of primary amides is 1. The zero-order chi connectivity index (χ0) is 32.7. The highest BCUT2D eigenvalue weighted by molar-refractivity contribution is 6.09. The average molecular weight is 603 g/mol. The number of ketones is 2. The number of amides is 1. The minimum absolute atomic E-state index is 0.0155. The van der Waals surface area contributed by atoms with Crippen LogP contribution in [0, 0.1) is 46.3 Å². The molecule has 1 amide bonds. The van der Waals surface area contributed by atoms with E-state index in [4.69, 9.17) is 11.5 Å². The highest BCUT2D eigenvalue weighted by Crippen LogP contribution is 2.66. The van der Waals surface area contributed by atoms with Crippen LogP contribution >= 0.6 is 0 Å². The van der Waals surface area contributed by atoms with E-state index in [0.29, 0.717) is 16.8 Å². The number of rotatable bonds is 3. The largest absolute Gasteiger partial charge is 0.506 e. The Morgan fingerprint density at radius 2 is 1.66 bits per heavy atom. The van der Waals surface area contributed by atoms with E-state index in [1.165, 1.54) is 0 Å². The summed E-state index contributed by atoms with van der Waals surface area (Å²) in [5, 5.41) is 47.1. The van der Waals surface area contributed by atoms with Gasteiger partial charge in [-0.05, 0) is 77.5 Å². The minimum Gasteiger partial charge on any atom is -0.506 e. The number of anilines is 1. The summed E-state index contributed by atoms with van der Waals surface area (Å²) in [5.74, 6) is -1.34. The number of Topliss-reactive ketones (excluding diaryl/α,β-unsaturated/α-hetero) is 2. The van der Waals surface area contributed by atoms with Crippen molar-refractivity contribution in [2.24, 2.45) is 40.2 Å². The number of nitrogens with two attached hydrogens (primary N) is 2. The molecule has 9 nitrogen and oxygen atoms in total. The number of aromatic hydroxyl groups is 1. The van der Waals surface area contributed by atoms with Gasteiger partial charge in [0.15, 0.2) is 17.2 Å². The van der Waals surface area contributed by atoms with Crippen molar-refractivity contribution in [3.63, 3.8) is 0 Å². The van der Waals surface area contributed by atoms with Crippen LogP contribution in [-0.4, -0.2) is 55.7 Å². The van der Waals surface area contributed by atoms with Gasteiger partial charge in [-0.15, -0.1) is 0 Å². The lowest BCUT2D eigenvalue weighted by Crippen LogP contribution is -2.79. The summed E-state index contributed by atoms with van der Waals surface area (Å²) < 4.78 is 0. The molecule has 2 unspecified atom stereocenters. The fourth-order valence-corrected chi connectivity index (χ4v) is 8.94. The number of nitrogen functional groups attached to an aromatic ring is 1. The van der Waals surface area contributed by atoms with Crippen LogP contribution in [-0.2, 0) is 16.0 Å². The monoisotopic (exact) mass is 602 g/mol. The summed E-state index contributed by atoms with van der Waals surface area (Å²) in [7, 11) is 0. The Hall–Kier alpha value is -3.71. The molecule has 3 aliphatic rings. The molecule has 2 saturated carbocycles. The van der Waals surface area contributed by atoms with Gasteiger partial charge in [0.2, 0.25) is 5.91 Å². The van der Waals surface area contributed by atoms with E-state index in [1.807, 2.05) is 34.6 Å². The lowest BCUT2D eigenvalue weighted by Gasteiger charge is -2.66. The lowest BCUT2D eigenvalue weighted by atomic mass is 9.39. The standard InChI is InChI=1S/C35H42N2O7/c1-16(2)21-13-19(10-7-18-8-11-20(36)12-9-18)27(38)23-22(21)14-33(5)15-34(6)25(17(3)4)29(40)24(32(37)43)30(41)35(34,44)31(42)26(33)28(23)39/h8-9,11-13,16-17,24-26,29,31,38,40,42,44H,14-15,36H2,1-6H3,(H2,37,43)/t24-,25+,26-,29?,31?,33-,34-,35+/m1/s1. The summed E-state index contributed by atoms with van der Waals surface area (Å²) in [6.45, 7) is 11.1. The van der Waals surface area contributed by atoms with Crippen molar-refractivity contribution in [2.45, 2.75) is 78.1 Å². The first-order valence-corrected chi connectivity index (χ1v) is 15.1. The third kappa shape index (κ3) is 4.30. The number of fused-ring (bicyclic) bond motifs is 3. The molecular weight excluding hydrogens is 560 g/mol. The maximum absolute atomic E-state index is 14.5. The average Bonchev–Trinajstić information content (AvgIpc) is 2.90. The van der Waals surface area contributed by atoms with Crippen molar-refractivity contribution >= 4 is 23.2 Å². The van der Waals surface area contributed by atoms with Gasteiger partial charge in [0.1, 0.15) is 17.8 Å². The van der Waals surface area contributed by atoms with Gasteiger partial charge in [-0.3, -0.25) is 14.4 Å². The van der Waals surface area contributed by atoms with Crippen LogP contribution in [0.2, 0.25) is 0 Å². The van der Waals surface area contributed by atoms with Crippen molar-refractivity contribution in [1.82, 2.24) is 0 Å². The van der Waals surface area contributed by atoms with E-state index < -0.39 is 63.9 Å². The van der Waals surface area contributed by atoms with Crippen LogP contribution in [0.15, 0.2) is 30.3 Å². The first-order chi connectivity index (χ1) is 20.4. The molecule has 0 heterocycles. The predicted octanol–water partition coefficient (Wildman–Crippen LogP) is 2.68. The molecule has 44 heavy (non-hydrogen) atoms. The smallest absolute Gasteiger partial charge is 0.230 e. The molecule has 0 bridgehead atoms. The molecule has 0 radical (unpaired) electrons. The number of aliphatic hydroxyl groups is 3. The maximum atomic E-state index is 14.5. The van der Waals surface area contributed by atoms with Crippen LogP contribution < -0.4 is 11.5 Å². The topological polar surface area (TPSA) is 184 Å². The second-order valence-corrected chi connectivity index (χ2v) is 14.2. The zero-order valence-corrected chi connectivity index (χ0v) is 26.0. The Labute approximate surface area is 257 Å². The number of carbonyl (C=O) groups excluding carboxylic acids is 3. The number of aliphatic hydroxyl groups excluding tert-OH is 2. The number of phenolic OH excluding ortho intramolecular Hbond substituents is 1. The zero-order valence-electron chi connectivity index (χ0n) is 26.0. The molecule has 5 rings (SSSR count). The first-order valence-electron chi connectivity index (χ1n) is 15.1. The summed E-state index contributed by atoms with van der Waals surface area (Å²) in [6.07, 6.45) is -3.04. The normalized spacial score (nSPS) is 34.6. The Morgan fingerprint density at radius 3 is 2.20 bits per heavy atom. The van der Waals surface area contributed by atoms with E-state index in [-0.39, 0.29) is 41.6 Å². The molecule has 0 saturated heterocycles. The Balaban J connectivity index is 1.71. The molecule has 3 aliphatic carbocycles. The molecule has 0 aliphatic heterocycles. The molecule has 8 atom stereocenters. The van der Waals surface area contributed by atoms with Gasteiger partial charge in [-0.2, -0.15) is 0 Å². The highest BCUT2D eigenvalue weighted by Gasteiger charge is 2.76. The number of hydrogen-bond acceptors (Lipinski definition) is 8. The summed E-state index contributed by atoms with van der Waals surface area (Å²) in [5.41, 5.74) is 9.36. The second kappa shape index (κ2) is 10.4. The Bertz CT molecular complexity index is 1620. The number of phenols is 1. The van der Waals surface area contributed by atoms with Crippen molar-refractivity contribution in [1.29, 1.82) is 0 Å². The third-order valence-corrected chi connectivity index (χ3v) is 10.7. The van der Waals surface area contributed by atoms with Gasteiger partial charge >= 0.3 is 0 Å². The molecule has 234 valence electrons. The van der Waals surface area contributed by atoms with E-state index in [1.54, 1.807) is 37.3 Å². The fourth-order valence-electron chi connectivity index (χ4n) is 8.94. The molecule has 0 aromatic heterocycles. The van der Waals surface area contributed by atoms with Crippen LogP contribution in [0.25, 0.3) is 0 Å². The van der Waals surface area contributed by atoms with E-state index in [9.17, 15) is 34.8 Å². The van der Waals surface area contributed by atoms with Gasteiger partial charge in [0.25, 0.3) is 0 Å². The fraction of sp³-hybridized carbons (Fsp3) is 0.514. The van der Waals surface area contributed by atoms with E-state index in [0.717, 1.165) is 5.56 Å². The highest BCUT2D eigenvalue weighted by atomic mass is 16.4. The summed E-state index contributed by atoms with van der Waals surface area (Å²) in [4.78, 5) is 40.8. The van der Waals surface area contributed by atoms with Gasteiger partial charge in [0.05, 0.1) is 23.1 Å². The van der Waals surface area contributed by atoms with Crippen LogP contribution in [0.4, 0.5) is 5.69 Å². The van der Waals surface area contributed by atoms with Crippen LogP contribution in [0.5, 0.6) is 5.75 Å². The van der Waals surface area contributed by atoms with Crippen molar-refractivity contribution in [2.75, 3.05) is 5.73 Å². The second-order valence-electron chi connectivity index (χ2n) is 14.2. The van der Waals surface area contributed by atoms with Crippen molar-refractivity contribution < 1.29 is 34.8 Å². The Morgan fingerprint density at radius 1 is 1.05 bits per heavy atom.